The summed E-state index contributed by atoms with van der Waals surface area (Å²) in [5.74, 6) is 0.869. The highest BCUT2D eigenvalue weighted by molar-refractivity contribution is 4.72. The van der Waals surface area contributed by atoms with Crippen LogP contribution < -0.4 is 5.73 Å². The van der Waals surface area contributed by atoms with Gasteiger partial charge in [-0.3, -0.25) is 0 Å². The predicted molar refractivity (Wildman–Crippen MR) is 51.5 cm³/mol. The number of hydrogen-bond acceptors (Lipinski definition) is 1. The van der Waals surface area contributed by atoms with Crippen molar-refractivity contribution in [2.24, 2.45) is 17.1 Å². The first-order chi connectivity index (χ1) is 5.05. The van der Waals surface area contributed by atoms with Gasteiger partial charge in [-0.05, 0) is 24.3 Å². The quantitative estimate of drug-likeness (QED) is 0.652. The van der Waals surface area contributed by atoms with Gasteiger partial charge in [-0.25, -0.2) is 0 Å². The van der Waals surface area contributed by atoms with Gasteiger partial charge in [-0.1, -0.05) is 40.5 Å². The SMILES string of the molecule is CCC(CC)CC(C)(C)CN. The molecule has 0 fully saturated rings. The Bertz CT molecular complexity index is 93.0. The molecule has 0 bridgehead atoms. The Morgan fingerprint density at radius 1 is 1.18 bits per heavy atom. The Kier molecular flexibility index (Phi) is 4.74. The summed E-state index contributed by atoms with van der Waals surface area (Å²) in [5.41, 5.74) is 6.01. The summed E-state index contributed by atoms with van der Waals surface area (Å²) in [6.07, 6.45) is 3.86. The Labute approximate surface area is 71.4 Å². The summed E-state index contributed by atoms with van der Waals surface area (Å²) in [6, 6.07) is 0. The molecule has 11 heavy (non-hydrogen) atoms. The van der Waals surface area contributed by atoms with Crippen molar-refractivity contribution in [3.63, 3.8) is 0 Å². The molecule has 68 valence electrons. The van der Waals surface area contributed by atoms with Gasteiger partial charge in [0.25, 0.3) is 0 Å². The standard InChI is InChI=1S/C10H23N/c1-5-9(6-2)7-10(3,4)8-11/h9H,5-8,11H2,1-4H3. The van der Waals surface area contributed by atoms with Crippen LogP contribution in [0.5, 0.6) is 0 Å². The molecule has 0 aromatic rings. The van der Waals surface area contributed by atoms with Crippen molar-refractivity contribution in [3.05, 3.63) is 0 Å². The smallest absolute Gasteiger partial charge is 0.00257 e. The fourth-order valence-corrected chi connectivity index (χ4v) is 1.44. The van der Waals surface area contributed by atoms with E-state index in [1.54, 1.807) is 0 Å². The van der Waals surface area contributed by atoms with Crippen LogP contribution in [0.15, 0.2) is 0 Å². The van der Waals surface area contributed by atoms with Gasteiger partial charge in [0.1, 0.15) is 0 Å². The summed E-state index contributed by atoms with van der Waals surface area (Å²) in [6.45, 7) is 9.85. The second-order valence-corrected chi connectivity index (χ2v) is 4.25. The van der Waals surface area contributed by atoms with Crippen LogP contribution in [-0.2, 0) is 0 Å². The monoisotopic (exact) mass is 157 g/mol. The van der Waals surface area contributed by atoms with Crippen molar-refractivity contribution < 1.29 is 0 Å². The number of hydrogen-bond donors (Lipinski definition) is 1. The van der Waals surface area contributed by atoms with E-state index >= 15 is 0 Å². The summed E-state index contributed by atoms with van der Waals surface area (Å²) in [5, 5.41) is 0. The number of nitrogens with two attached hydrogens (primary N) is 1. The van der Waals surface area contributed by atoms with Crippen LogP contribution in [0.25, 0.3) is 0 Å². The van der Waals surface area contributed by atoms with Gasteiger partial charge in [-0.15, -0.1) is 0 Å². The maximum absolute atomic E-state index is 5.66. The van der Waals surface area contributed by atoms with Crippen LogP contribution >= 0.6 is 0 Å². The highest BCUT2D eigenvalue weighted by atomic mass is 14.6. The molecule has 2 N–H and O–H groups in total. The lowest BCUT2D eigenvalue weighted by Crippen LogP contribution is -2.26. The molecule has 0 saturated heterocycles. The van der Waals surface area contributed by atoms with Gasteiger partial charge < -0.3 is 5.73 Å². The molecule has 0 unspecified atom stereocenters. The van der Waals surface area contributed by atoms with E-state index in [-0.39, 0.29) is 0 Å². The minimum absolute atomic E-state index is 0.344. The molecule has 0 aromatic heterocycles. The van der Waals surface area contributed by atoms with Crippen LogP contribution in [0, 0.1) is 11.3 Å². The zero-order chi connectivity index (χ0) is 8.91. The molecule has 1 heteroatoms. The van der Waals surface area contributed by atoms with Crippen LogP contribution in [0.1, 0.15) is 47.0 Å². The highest BCUT2D eigenvalue weighted by Crippen LogP contribution is 2.27. The van der Waals surface area contributed by atoms with Crippen LogP contribution in [0.2, 0.25) is 0 Å². The first kappa shape index (κ1) is 11.0. The molecular formula is C10H23N. The normalized spacial score (nSPS) is 12.5. The molecule has 0 aromatic carbocycles. The van der Waals surface area contributed by atoms with Crippen molar-refractivity contribution in [1.82, 2.24) is 0 Å². The van der Waals surface area contributed by atoms with Gasteiger partial charge in [0.05, 0.1) is 0 Å². The summed E-state index contributed by atoms with van der Waals surface area (Å²) in [7, 11) is 0. The lowest BCUT2D eigenvalue weighted by Gasteiger charge is -2.27. The fourth-order valence-electron chi connectivity index (χ4n) is 1.44. The van der Waals surface area contributed by atoms with E-state index in [0.29, 0.717) is 5.41 Å². The summed E-state index contributed by atoms with van der Waals surface area (Å²) < 4.78 is 0. The zero-order valence-corrected chi connectivity index (χ0v) is 8.48. The van der Waals surface area contributed by atoms with Crippen molar-refractivity contribution in [2.75, 3.05) is 6.54 Å². The molecule has 0 saturated carbocycles. The lowest BCUT2D eigenvalue weighted by atomic mass is 9.81. The average molecular weight is 157 g/mol. The van der Waals surface area contributed by atoms with E-state index < -0.39 is 0 Å². The third-order valence-electron chi connectivity index (χ3n) is 2.55. The molecule has 0 rings (SSSR count). The van der Waals surface area contributed by atoms with E-state index in [4.69, 9.17) is 5.73 Å². The largest absolute Gasteiger partial charge is 0.330 e. The Morgan fingerprint density at radius 3 is 1.91 bits per heavy atom. The van der Waals surface area contributed by atoms with E-state index in [0.717, 1.165) is 12.5 Å². The Hall–Kier alpha value is -0.0400. The summed E-state index contributed by atoms with van der Waals surface area (Å²) >= 11 is 0. The lowest BCUT2D eigenvalue weighted by molar-refractivity contribution is 0.265. The summed E-state index contributed by atoms with van der Waals surface area (Å²) in [4.78, 5) is 0. The van der Waals surface area contributed by atoms with Crippen LogP contribution in [0.3, 0.4) is 0 Å². The first-order valence-corrected chi connectivity index (χ1v) is 4.75. The van der Waals surface area contributed by atoms with Gasteiger partial charge in [0.2, 0.25) is 0 Å². The zero-order valence-electron chi connectivity index (χ0n) is 8.48. The van der Waals surface area contributed by atoms with Crippen LogP contribution in [0.4, 0.5) is 0 Å². The molecule has 0 atom stereocenters. The van der Waals surface area contributed by atoms with E-state index in [1.165, 1.54) is 19.3 Å². The van der Waals surface area contributed by atoms with Gasteiger partial charge >= 0.3 is 0 Å². The fraction of sp³-hybridized carbons (Fsp3) is 1.00. The van der Waals surface area contributed by atoms with Gasteiger partial charge in [0.15, 0.2) is 0 Å². The van der Waals surface area contributed by atoms with Crippen molar-refractivity contribution in [1.29, 1.82) is 0 Å². The first-order valence-electron chi connectivity index (χ1n) is 4.75. The second-order valence-electron chi connectivity index (χ2n) is 4.25. The van der Waals surface area contributed by atoms with Gasteiger partial charge in [-0.2, -0.15) is 0 Å². The van der Waals surface area contributed by atoms with Crippen LogP contribution in [-0.4, -0.2) is 6.54 Å². The molecule has 0 amide bonds. The molecule has 0 aliphatic heterocycles. The van der Waals surface area contributed by atoms with Crippen molar-refractivity contribution >= 4 is 0 Å². The second kappa shape index (κ2) is 4.76. The van der Waals surface area contributed by atoms with E-state index in [9.17, 15) is 0 Å². The van der Waals surface area contributed by atoms with Crippen molar-refractivity contribution in [2.45, 2.75) is 47.0 Å². The third kappa shape index (κ3) is 4.41. The Morgan fingerprint density at radius 2 is 1.64 bits per heavy atom. The van der Waals surface area contributed by atoms with Gasteiger partial charge in [0, 0.05) is 0 Å². The third-order valence-corrected chi connectivity index (χ3v) is 2.55. The molecule has 0 aliphatic rings. The van der Waals surface area contributed by atoms with E-state index in [2.05, 4.69) is 27.7 Å². The molecular weight excluding hydrogens is 134 g/mol. The minimum Gasteiger partial charge on any atom is -0.330 e. The average Bonchev–Trinajstić information content (AvgIpc) is 2.00. The van der Waals surface area contributed by atoms with E-state index in [1.807, 2.05) is 0 Å². The molecule has 1 nitrogen and oxygen atoms in total. The molecule has 0 radical (unpaired) electrons. The maximum atomic E-state index is 5.66. The number of rotatable bonds is 5. The molecule has 0 aliphatic carbocycles. The highest BCUT2D eigenvalue weighted by Gasteiger charge is 2.19. The molecule has 0 spiro atoms. The Balaban J connectivity index is 3.79. The van der Waals surface area contributed by atoms with Crippen molar-refractivity contribution in [3.8, 4) is 0 Å². The predicted octanol–water partition coefficient (Wildman–Crippen LogP) is 2.80. The topological polar surface area (TPSA) is 26.0 Å². The maximum Gasteiger partial charge on any atom is -0.00257 e. The molecule has 0 heterocycles. The minimum atomic E-state index is 0.344.